The SMILES string of the molecule is CCc1ccc(CCC(=O)N(C2CC2)C2CCS(=O)(=O)C2)cc1. The summed E-state index contributed by atoms with van der Waals surface area (Å²) < 4.78 is 23.4. The summed E-state index contributed by atoms with van der Waals surface area (Å²) in [6.45, 7) is 2.13. The van der Waals surface area contributed by atoms with Gasteiger partial charge in [-0.1, -0.05) is 31.2 Å². The van der Waals surface area contributed by atoms with Crippen LogP contribution in [0.1, 0.15) is 43.7 Å². The lowest BCUT2D eigenvalue weighted by Gasteiger charge is -2.28. The van der Waals surface area contributed by atoms with Crippen LogP contribution in [0.3, 0.4) is 0 Å². The maximum atomic E-state index is 12.7. The lowest BCUT2D eigenvalue weighted by atomic mass is 10.1. The number of amides is 1. The number of rotatable bonds is 6. The number of benzene rings is 1. The summed E-state index contributed by atoms with van der Waals surface area (Å²) in [6, 6.07) is 8.59. The molecular weight excluding hydrogens is 310 g/mol. The number of carbonyl (C=O) groups excluding carboxylic acids is 1. The first kappa shape index (κ1) is 16.5. The molecule has 1 aliphatic carbocycles. The third-order valence-electron chi connectivity index (χ3n) is 4.89. The largest absolute Gasteiger partial charge is 0.336 e. The summed E-state index contributed by atoms with van der Waals surface area (Å²) in [5.74, 6) is 0.502. The van der Waals surface area contributed by atoms with Gasteiger partial charge in [0.2, 0.25) is 5.91 Å². The second-order valence-corrected chi connectivity index (χ2v) is 8.99. The molecule has 1 aromatic carbocycles. The average Bonchev–Trinajstić information content (AvgIpc) is 3.29. The third-order valence-corrected chi connectivity index (χ3v) is 6.64. The lowest BCUT2D eigenvalue weighted by molar-refractivity contribution is -0.133. The van der Waals surface area contributed by atoms with E-state index < -0.39 is 9.84 Å². The fourth-order valence-corrected chi connectivity index (χ4v) is 5.09. The fourth-order valence-electron chi connectivity index (χ4n) is 3.37. The molecule has 1 unspecified atom stereocenters. The van der Waals surface area contributed by atoms with Gasteiger partial charge in [0.25, 0.3) is 0 Å². The monoisotopic (exact) mass is 335 g/mol. The zero-order chi connectivity index (χ0) is 16.4. The zero-order valence-corrected chi connectivity index (χ0v) is 14.5. The molecule has 0 spiro atoms. The summed E-state index contributed by atoms with van der Waals surface area (Å²) in [4.78, 5) is 14.5. The van der Waals surface area contributed by atoms with Crippen LogP contribution in [0.2, 0.25) is 0 Å². The highest BCUT2D eigenvalue weighted by molar-refractivity contribution is 7.91. The van der Waals surface area contributed by atoms with E-state index in [9.17, 15) is 13.2 Å². The van der Waals surface area contributed by atoms with E-state index in [1.807, 2.05) is 4.90 Å². The van der Waals surface area contributed by atoms with E-state index in [2.05, 4.69) is 31.2 Å². The molecule has 126 valence electrons. The molecule has 1 aromatic rings. The number of aryl methyl sites for hydroxylation is 2. The van der Waals surface area contributed by atoms with Crippen molar-refractivity contribution in [2.24, 2.45) is 0 Å². The normalized spacial score (nSPS) is 22.9. The molecule has 23 heavy (non-hydrogen) atoms. The molecule has 0 radical (unpaired) electrons. The molecule has 1 saturated carbocycles. The molecule has 1 saturated heterocycles. The number of nitrogens with zero attached hydrogens (tertiary/aromatic N) is 1. The molecular formula is C18H25NO3S. The lowest BCUT2D eigenvalue weighted by Crippen LogP contribution is -2.42. The van der Waals surface area contributed by atoms with Crippen LogP contribution in [0.15, 0.2) is 24.3 Å². The van der Waals surface area contributed by atoms with Gasteiger partial charge in [-0.25, -0.2) is 8.42 Å². The van der Waals surface area contributed by atoms with Crippen LogP contribution in [0.25, 0.3) is 0 Å². The van der Waals surface area contributed by atoms with Crippen LogP contribution >= 0.6 is 0 Å². The number of hydrogen-bond donors (Lipinski definition) is 0. The highest BCUT2D eigenvalue weighted by atomic mass is 32.2. The maximum absolute atomic E-state index is 12.7. The van der Waals surface area contributed by atoms with Gasteiger partial charge in [-0.15, -0.1) is 0 Å². The topological polar surface area (TPSA) is 54.5 Å². The Labute approximate surface area is 138 Å². The third kappa shape index (κ3) is 4.14. The molecule has 0 aromatic heterocycles. The Hall–Kier alpha value is -1.36. The van der Waals surface area contributed by atoms with Gasteiger partial charge in [0.15, 0.2) is 9.84 Å². The Morgan fingerprint density at radius 3 is 2.26 bits per heavy atom. The van der Waals surface area contributed by atoms with Gasteiger partial charge < -0.3 is 4.90 Å². The zero-order valence-electron chi connectivity index (χ0n) is 13.7. The Bertz CT molecular complexity index is 662. The molecule has 1 atom stereocenters. The molecule has 0 N–H and O–H groups in total. The minimum atomic E-state index is -2.95. The van der Waals surface area contributed by atoms with Gasteiger partial charge in [0.1, 0.15) is 0 Å². The van der Waals surface area contributed by atoms with Crippen LogP contribution in [-0.4, -0.2) is 42.8 Å². The van der Waals surface area contributed by atoms with Crippen LogP contribution in [0, 0.1) is 0 Å². The van der Waals surface area contributed by atoms with E-state index in [-0.39, 0.29) is 29.5 Å². The van der Waals surface area contributed by atoms with E-state index in [1.54, 1.807) is 0 Å². The Kier molecular flexibility index (Phi) is 4.76. The first-order chi connectivity index (χ1) is 11.0. The van der Waals surface area contributed by atoms with Crippen molar-refractivity contribution in [3.63, 3.8) is 0 Å². The van der Waals surface area contributed by atoms with Gasteiger partial charge >= 0.3 is 0 Å². The highest BCUT2D eigenvalue weighted by Gasteiger charge is 2.41. The quantitative estimate of drug-likeness (QED) is 0.802. The maximum Gasteiger partial charge on any atom is 0.223 e. The summed E-state index contributed by atoms with van der Waals surface area (Å²) >= 11 is 0. The van der Waals surface area contributed by atoms with Gasteiger partial charge in [-0.05, 0) is 43.2 Å². The van der Waals surface area contributed by atoms with Crippen molar-refractivity contribution in [2.45, 2.75) is 57.5 Å². The Balaban J connectivity index is 1.60. The van der Waals surface area contributed by atoms with Crippen molar-refractivity contribution in [3.8, 4) is 0 Å². The Morgan fingerprint density at radius 1 is 1.09 bits per heavy atom. The van der Waals surface area contributed by atoms with Crippen LogP contribution in [0.5, 0.6) is 0 Å². The van der Waals surface area contributed by atoms with Crippen molar-refractivity contribution in [2.75, 3.05) is 11.5 Å². The molecule has 2 fully saturated rings. The Morgan fingerprint density at radius 2 is 1.74 bits per heavy atom. The number of carbonyl (C=O) groups is 1. The van der Waals surface area contributed by atoms with E-state index in [4.69, 9.17) is 0 Å². The predicted molar refractivity (Wildman–Crippen MR) is 91.1 cm³/mol. The molecule has 3 rings (SSSR count). The molecule has 1 heterocycles. The van der Waals surface area contributed by atoms with E-state index in [1.165, 1.54) is 11.1 Å². The van der Waals surface area contributed by atoms with Crippen LogP contribution < -0.4 is 0 Å². The molecule has 0 bridgehead atoms. The highest BCUT2D eigenvalue weighted by Crippen LogP contribution is 2.33. The van der Waals surface area contributed by atoms with Crippen molar-refractivity contribution in [1.82, 2.24) is 4.90 Å². The first-order valence-corrected chi connectivity index (χ1v) is 10.4. The van der Waals surface area contributed by atoms with Crippen molar-refractivity contribution < 1.29 is 13.2 Å². The first-order valence-electron chi connectivity index (χ1n) is 8.58. The second-order valence-electron chi connectivity index (χ2n) is 6.76. The van der Waals surface area contributed by atoms with Crippen molar-refractivity contribution >= 4 is 15.7 Å². The van der Waals surface area contributed by atoms with E-state index in [0.29, 0.717) is 12.8 Å². The minimum absolute atomic E-state index is 0.0949. The smallest absolute Gasteiger partial charge is 0.223 e. The summed E-state index contributed by atoms with van der Waals surface area (Å²) in [6.07, 6.45) is 4.87. The van der Waals surface area contributed by atoms with E-state index >= 15 is 0 Å². The molecule has 4 nitrogen and oxygen atoms in total. The number of sulfone groups is 1. The van der Waals surface area contributed by atoms with Crippen molar-refractivity contribution in [1.29, 1.82) is 0 Å². The number of hydrogen-bond acceptors (Lipinski definition) is 3. The molecule has 5 heteroatoms. The standard InChI is InChI=1S/C18H25NO3S/c1-2-14-3-5-15(6-4-14)7-10-18(20)19(16-8-9-16)17-11-12-23(21,22)13-17/h3-6,16-17H,2,7-13H2,1H3. The average molecular weight is 335 g/mol. The minimum Gasteiger partial charge on any atom is -0.336 e. The van der Waals surface area contributed by atoms with Crippen LogP contribution in [0.4, 0.5) is 0 Å². The van der Waals surface area contributed by atoms with Gasteiger partial charge in [-0.3, -0.25) is 4.79 Å². The van der Waals surface area contributed by atoms with Crippen molar-refractivity contribution in [3.05, 3.63) is 35.4 Å². The van der Waals surface area contributed by atoms with E-state index in [0.717, 1.165) is 25.7 Å². The van der Waals surface area contributed by atoms with Gasteiger partial charge in [0.05, 0.1) is 11.5 Å². The molecule has 2 aliphatic rings. The molecule has 1 aliphatic heterocycles. The van der Waals surface area contributed by atoms with Gasteiger partial charge in [0, 0.05) is 18.5 Å². The molecule has 1 amide bonds. The summed E-state index contributed by atoms with van der Waals surface area (Å²) in [5.41, 5.74) is 2.47. The second kappa shape index (κ2) is 6.63. The summed E-state index contributed by atoms with van der Waals surface area (Å²) in [5, 5.41) is 0. The van der Waals surface area contributed by atoms with Gasteiger partial charge in [-0.2, -0.15) is 0 Å². The summed E-state index contributed by atoms with van der Waals surface area (Å²) in [7, 11) is -2.95. The predicted octanol–water partition coefficient (Wildman–Crippen LogP) is 2.36. The van der Waals surface area contributed by atoms with Crippen LogP contribution in [-0.2, 0) is 27.5 Å². The fraction of sp³-hybridized carbons (Fsp3) is 0.611.